The third-order valence-electron chi connectivity index (χ3n) is 11.8. The second-order valence-electron chi connectivity index (χ2n) is 15.3. The van der Waals surface area contributed by atoms with Gasteiger partial charge in [-0.2, -0.15) is 0 Å². The van der Waals surface area contributed by atoms with Gasteiger partial charge in [-0.3, -0.25) is 0 Å². The lowest BCUT2D eigenvalue weighted by Crippen LogP contribution is -2.21. The molecule has 2 nitrogen and oxygen atoms in total. The largest absolute Gasteiger partial charge is 0.314 e. The molecular weight excluding hydrogens is 605 g/mol. The van der Waals surface area contributed by atoms with Gasteiger partial charge in [0.25, 0.3) is 0 Å². The summed E-state index contributed by atoms with van der Waals surface area (Å²) in [5.41, 5.74) is 18.3. The highest BCUT2D eigenvalue weighted by Crippen LogP contribution is 2.54. The number of allylic oxidation sites excluding steroid dienone is 4. The van der Waals surface area contributed by atoms with Crippen molar-refractivity contribution in [2.45, 2.75) is 51.4 Å². The Kier molecular flexibility index (Phi) is 6.13. The lowest BCUT2D eigenvalue weighted by atomic mass is 9.82. The van der Waals surface area contributed by atoms with Gasteiger partial charge in [-0.1, -0.05) is 125 Å². The van der Waals surface area contributed by atoms with E-state index < -0.39 is 0 Å². The first-order valence-electron chi connectivity index (χ1n) is 18.0. The molecule has 0 saturated heterocycles. The fourth-order valence-electron chi connectivity index (χ4n) is 9.35. The van der Waals surface area contributed by atoms with Gasteiger partial charge in [0.15, 0.2) is 0 Å². The summed E-state index contributed by atoms with van der Waals surface area (Å²) in [5.74, 6) is 0. The van der Waals surface area contributed by atoms with Gasteiger partial charge in [-0.25, -0.2) is 0 Å². The van der Waals surface area contributed by atoms with Crippen LogP contribution in [0, 0.1) is 0 Å². The Bertz CT molecular complexity index is 2550. The van der Waals surface area contributed by atoms with E-state index in [-0.39, 0.29) is 10.8 Å². The zero-order valence-corrected chi connectivity index (χ0v) is 29.2. The molecular formula is C48H40N2. The molecule has 0 radical (unpaired) electrons. The monoisotopic (exact) mass is 644 g/mol. The maximum atomic E-state index is 2.52. The SMILES string of the molecule is CC1(C)c2ccccc2-c2ccc(N(C3=CC=CCC3)c3ccc4c(c3)C(C)(C)c3cccc(-n5c6ccccc6c6ccccc65)c3-4)cc21. The number of hydrogen-bond acceptors (Lipinski definition) is 1. The molecule has 1 heterocycles. The number of benzene rings is 6. The first kappa shape index (κ1) is 29.3. The second-order valence-corrected chi connectivity index (χ2v) is 15.3. The average molecular weight is 645 g/mol. The molecule has 0 fully saturated rings. The Morgan fingerprint density at radius 3 is 1.82 bits per heavy atom. The Labute approximate surface area is 294 Å². The Balaban J connectivity index is 1.16. The van der Waals surface area contributed by atoms with Gasteiger partial charge in [0, 0.05) is 44.2 Å². The smallest absolute Gasteiger partial charge is 0.0543 e. The van der Waals surface area contributed by atoms with Gasteiger partial charge >= 0.3 is 0 Å². The summed E-state index contributed by atoms with van der Waals surface area (Å²) in [6, 6.07) is 47.9. The van der Waals surface area contributed by atoms with Gasteiger partial charge < -0.3 is 9.47 Å². The Morgan fingerprint density at radius 1 is 0.540 bits per heavy atom. The highest BCUT2D eigenvalue weighted by atomic mass is 15.1. The van der Waals surface area contributed by atoms with Crippen molar-refractivity contribution in [2.24, 2.45) is 0 Å². The third kappa shape index (κ3) is 3.96. The minimum absolute atomic E-state index is 0.0563. The number of para-hydroxylation sites is 2. The molecule has 3 aliphatic carbocycles. The Morgan fingerprint density at radius 2 is 1.12 bits per heavy atom. The van der Waals surface area contributed by atoms with E-state index in [1.807, 2.05) is 0 Å². The molecule has 0 atom stereocenters. The number of aromatic nitrogens is 1. The minimum atomic E-state index is -0.163. The molecule has 0 amide bonds. The number of hydrogen-bond donors (Lipinski definition) is 0. The number of anilines is 2. The molecule has 0 saturated carbocycles. The molecule has 1 aromatic heterocycles. The number of rotatable bonds is 4. The van der Waals surface area contributed by atoms with Crippen LogP contribution in [-0.4, -0.2) is 4.57 Å². The van der Waals surface area contributed by atoms with Gasteiger partial charge in [0.05, 0.1) is 16.7 Å². The van der Waals surface area contributed by atoms with Gasteiger partial charge in [-0.15, -0.1) is 0 Å². The van der Waals surface area contributed by atoms with E-state index in [0.717, 1.165) is 12.8 Å². The maximum absolute atomic E-state index is 2.52. The van der Waals surface area contributed by atoms with Crippen molar-refractivity contribution >= 4 is 33.2 Å². The summed E-state index contributed by atoms with van der Waals surface area (Å²) < 4.78 is 2.48. The van der Waals surface area contributed by atoms with Crippen molar-refractivity contribution < 1.29 is 0 Å². The van der Waals surface area contributed by atoms with E-state index in [0.29, 0.717) is 0 Å². The molecule has 3 aliphatic rings. The van der Waals surface area contributed by atoms with E-state index in [4.69, 9.17) is 0 Å². The topological polar surface area (TPSA) is 8.17 Å². The van der Waals surface area contributed by atoms with Crippen LogP contribution in [0.25, 0.3) is 49.7 Å². The molecule has 0 unspecified atom stereocenters. The standard InChI is InChI=1S/C48H40N2/c1-47(2)39-20-11-8-17-34(39)35-27-25-32(29-41(35)47)49(31-15-6-5-7-16-31)33-26-28-38-42(30-33)48(3,4)40-21-14-24-45(46(38)40)50-43-22-12-9-18-36(43)37-19-10-13-23-44(37)50/h5-6,8-15,17-30H,7,16H2,1-4H3. The first-order valence-corrected chi connectivity index (χ1v) is 18.0. The summed E-state index contributed by atoms with van der Waals surface area (Å²) >= 11 is 0. The molecule has 0 bridgehead atoms. The molecule has 50 heavy (non-hydrogen) atoms. The van der Waals surface area contributed by atoms with Crippen LogP contribution >= 0.6 is 0 Å². The molecule has 7 aromatic rings. The van der Waals surface area contributed by atoms with E-state index >= 15 is 0 Å². The van der Waals surface area contributed by atoms with Crippen molar-refractivity contribution in [3.05, 3.63) is 174 Å². The highest BCUT2D eigenvalue weighted by molar-refractivity contribution is 6.10. The van der Waals surface area contributed by atoms with Gasteiger partial charge in [-0.05, 0) is 100 Å². The van der Waals surface area contributed by atoms with Crippen molar-refractivity contribution in [2.75, 3.05) is 4.90 Å². The second kappa shape index (κ2) is 10.5. The van der Waals surface area contributed by atoms with Crippen molar-refractivity contribution in [3.63, 3.8) is 0 Å². The van der Waals surface area contributed by atoms with Gasteiger partial charge in [0.2, 0.25) is 0 Å². The van der Waals surface area contributed by atoms with E-state index in [1.54, 1.807) is 0 Å². The summed E-state index contributed by atoms with van der Waals surface area (Å²) in [7, 11) is 0. The summed E-state index contributed by atoms with van der Waals surface area (Å²) in [6.07, 6.45) is 8.88. The molecule has 242 valence electrons. The zero-order valence-electron chi connectivity index (χ0n) is 29.2. The number of nitrogens with zero attached hydrogens (tertiary/aromatic N) is 2. The predicted molar refractivity (Wildman–Crippen MR) is 211 cm³/mol. The normalized spacial score (nSPS) is 16.2. The molecule has 0 spiro atoms. The summed E-state index contributed by atoms with van der Waals surface area (Å²) in [4.78, 5) is 2.52. The lowest BCUT2D eigenvalue weighted by Gasteiger charge is -2.32. The minimum Gasteiger partial charge on any atom is -0.314 e. The van der Waals surface area contributed by atoms with Crippen molar-refractivity contribution in [3.8, 4) is 27.9 Å². The fourth-order valence-corrected chi connectivity index (χ4v) is 9.35. The van der Waals surface area contributed by atoms with Crippen LogP contribution in [0.1, 0.15) is 62.8 Å². The van der Waals surface area contributed by atoms with Crippen LogP contribution < -0.4 is 4.90 Å². The summed E-state index contributed by atoms with van der Waals surface area (Å²) in [5, 5.41) is 2.58. The van der Waals surface area contributed by atoms with Crippen LogP contribution in [0.3, 0.4) is 0 Å². The quantitative estimate of drug-likeness (QED) is 0.185. The Hall–Kier alpha value is -5.60. The average Bonchev–Trinajstić information content (AvgIpc) is 3.69. The fraction of sp³-hybridized carbons (Fsp3) is 0.167. The van der Waals surface area contributed by atoms with Gasteiger partial charge in [0.1, 0.15) is 0 Å². The van der Waals surface area contributed by atoms with Crippen LogP contribution in [0.5, 0.6) is 0 Å². The van der Waals surface area contributed by atoms with Crippen molar-refractivity contribution in [1.29, 1.82) is 0 Å². The van der Waals surface area contributed by atoms with E-state index in [9.17, 15) is 0 Å². The van der Waals surface area contributed by atoms with E-state index in [2.05, 4.69) is 183 Å². The zero-order chi connectivity index (χ0) is 33.8. The third-order valence-corrected chi connectivity index (χ3v) is 11.8. The highest BCUT2D eigenvalue weighted by Gasteiger charge is 2.39. The molecule has 2 heteroatoms. The molecule has 0 aliphatic heterocycles. The predicted octanol–water partition coefficient (Wildman–Crippen LogP) is 12.8. The first-order chi connectivity index (χ1) is 24.3. The maximum Gasteiger partial charge on any atom is 0.0543 e. The lowest BCUT2D eigenvalue weighted by molar-refractivity contribution is 0.659. The van der Waals surface area contributed by atoms with Crippen LogP contribution in [0.2, 0.25) is 0 Å². The molecule has 10 rings (SSSR count). The van der Waals surface area contributed by atoms with Crippen LogP contribution in [0.15, 0.2) is 151 Å². The van der Waals surface area contributed by atoms with Crippen molar-refractivity contribution in [1.82, 2.24) is 4.57 Å². The van der Waals surface area contributed by atoms with Crippen LogP contribution in [0.4, 0.5) is 11.4 Å². The number of fused-ring (bicyclic) bond motifs is 9. The molecule has 6 aromatic carbocycles. The summed E-state index contributed by atoms with van der Waals surface area (Å²) in [6.45, 7) is 9.55. The van der Waals surface area contributed by atoms with Crippen LogP contribution in [-0.2, 0) is 10.8 Å². The van der Waals surface area contributed by atoms with E-state index in [1.165, 1.54) is 89.1 Å². The molecule has 0 N–H and O–H groups in total.